The molecule has 0 atom stereocenters. The van der Waals surface area contributed by atoms with Crippen molar-refractivity contribution in [3.05, 3.63) is 35.9 Å². The summed E-state index contributed by atoms with van der Waals surface area (Å²) < 4.78 is 1.91. The molecule has 94 valence electrons. The van der Waals surface area contributed by atoms with Crippen molar-refractivity contribution in [2.24, 2.45) is 0 Å². The number of fused-ring (bicyclic) bond motifs is 1. The van der Waals surface area contributed by atoms with Gasteiger partial charge >= 0.3 is 5.97 Å². The summed E-state index contributed by atoms with van der Waals surface area (Å²) in [5.41, 5.74) is 0.822. The minimum atomic E-state index is -0.967. The Kier molecular flexibility index (Phi) is 2.38. The number of pyridine rings is 1. The van der Waals surface area contributed by atoms with Crippen LogP contribution in [0.4, 0.5) is 0 Å². The van der Waals surface area contributed by atoms with Gasteiger partial charge in [0, 0.05) is 18.2 Å². The van der Waals surface area contributed by atoms with Crippen LogP contribution in [0.3, 0.4) is 0 Å². The SMILES string of the molecule is CNCC1(c2nc(C(=O)O)c3ccccn23)CC1. The van der Waals surface area contributed by atoms with Crippen LogP contribution < -0.4 is 5.32 Å². The van der Waals surface area contributed by atoms with Gasteiger partial charge in [0.25, 0.3) is 0 Å². The number of aromatic nitrogens is 2. The number of imidazole rings is 1. The number of carboxylic acid groups (broad SMARTS) is 1. The van der Waals surface area contributed by atoms with Crippen LogP contribution in [0, 0.1) is 0 Å². The van der Waals surface area contributed by atoms with E-state index in [1.165, 1.54) is 0 Å². The van der Waals surface area contributed by atoms with E-state index in [9.17, 15) is 9.90 Å². The van der Waals surface area contributed by atoms with Crippen molar-refractivity contribution in [2.75, 3.05) is 13.6 Å². The average molecular weight is 245 g/mol. The zero-order valence-electron chi connectivity index (χ0n) is 10.2. The molecule has 0 aromatic carbocycles. The van der Waals surface area contributed by atoms with Crippen LogP contribution in [-0.4, -0.2) is 34.1 Å². The van der Waals surface area contributed by atoms with Crippen LogP contribution in [0.15, 0.2) is 24.4 Å². The zero-order chi connectivity index (χ0) is 12.8. The molecule has 5 nitrogen and oxygen atoms in total. The summed E-state index contributed by atoms with van der Waals surface area (Å²) in [7, 11) is 1.91. The molecule has 2 heterocycles. The number of aromatic carboxylic acids is 1. The highest BCUT2D eigenvalue weighted by atomic mass is 16.4. The van der Waals surface area contributed by atoms with E-state index in [2.05, 4.69) is 10.3 Å². The van der Waals surface area contributed by atoms with Crippen LogP contribution in [0.1, 0.15) is 29.2 Å². The number of carboxylic acids is 1. The second-order valence-corrected chi connectivity index (χ2v) is 4.86. The third kappa shape index (κ3) is 1.51. The molecule has 0 bridgehead atoms. The van der Waals surface area contributed by atoms with E-state index in [1.54, 1.807) is 6.07 Å². The predicted molar refractivity (Wildman–Crippen MR) is 67.0 cm³/mol. The molecule has 0 amide bonds. The second-order valence-electron chi connectivity index (χ2n) is 4.86. The second kappa shape index (κ2) is 3.81. The first-order valence-electron chi connectivity index (χ1n) is 6.03. The Morgan fingerprint density at radius 3 is 2.94 bits per heavy atom. The van der Waals surface area contributed by atoms with Gasteiger partial charge in [-0.2, -0.15) is 0 Å². The summed E-state index contributed by atoms with van der Waals surface area (Å²) in [5.74, 6) is -0.102. The van der Waals surface area contributed by atoms with E-state index in [0.717, 1.165) is 25.2 Å². The first-order valence-corrected chi connectivity index (χ1v) is 6.03. The highest BCUT2D eigenvalue weighted by Gasteiger charge is 2.47. The average Bonchev–Trinajstić information content (AvgIpc) is 3.02. The maximum atomic E-state index is 11.2. The highest BCUT2D eigenvalue weighted by molar-refractivity contribution is 5.93. The van der Waals surface area contributed by atoms with Gasteiger partial charge in [0.2, 0.25) is 0 Å². The van der Waals surface area contributed by atoms with E-state index in [-0.39, 0.29) is 11.1 Å². The number of rotatable bonds is 4. The van der Waals surface area contributed by atoms with Crippen molar-refractivity contribution in [1.29, 1.82) is 0 Å². The summed E-state index contributed by atoms with van der Waals surface area (Å²) in [6, 6.07) is 5.54. The van der Waals surface area contributed by atoms with Crippen LogP contribution in [0.5, 0.6) is 0 Å². The summed E-state index contributed by atoms with van der Waals surface area (Å²) in [6.07, 6.45) is 4.00. The minimum Gasteiger partial charge on any atom is -0.476 e. The summed E-state index contributed by atoms with van der Waals surface area (Å²) in [4.78, 5) is 15.6. The number of likely N-dealkylation sites (N-methyl/N-ethyl adjacent to an activating group) is 1. The normalized spacial score (nSPS) is 16.9. The van der Waals surface area contributed by atoms with Crippen molar-refractivity contribution in [3.63, 3.8) is 0 Å². The molecule has 0 unspecified atom stereocenters. The van der Waals surface area contributed by atoms with Gasteiger partial charge in [-0.15, -0.1) is 0 Å². The lowest BCUT2D eigenvalue weighted by atomic mass is 10.1. The Morgan fingerprint density at radius 1 is 1.56 bits per heavy atom. The third-order valence-electron chi connectivity index (χ3n) is 3.59. The predicted octanol–water partition coefficient (Wildman–Crippen LogP) is 1.28. The number of nitrogens with one attached hydrogen (secondary N) is 1. The Bertz CT molecular complexity index is 614. The lowest BCUT2D eigenvalue weighted by molar-refractivity contribution is 0.0693. The van der Waals surface area contributed by atoms with Gasteiger partial charge in [-0.05, 0) is 32.0 Å². The molecule has 18 heavy (non-hydrogen) atoms. The molecule has 0 radical (unpaired) electrons. The van der Waals surface area contributed by atoms with Gasteiger partial charge in [-0.1, -0.05) is 6.07 Å². The monoisotopic (exact) mass is 245 g/mol. The van der Waals surface area contributed by atoms with Gasteiger partial charge in [0.15, 0.2) is 5.69 Å². The first kappa shape index (κ1) is 11.2. The summed E-state index contributed by atoms with van der Waals surface area (Å²) in [5, 5.41) is 12.4. The fourth-order valence-electron chi connectivity index (χ4n) is 2.54. The van der Waals surface area contributed by atoms with E-state index in [4.69, 9.17) is 0 Å². The standard InChI is InChI=1S/C13H15N3O2/c1-14-8-13(5-6-13)12-15-10(11(17)18)9-4-2-3-7-16(9)12/h2-4,7,14H,5-6,8H2,1H3,(H,17,18). The quantitative estimate of drug-likeness (QED) is 0.851. The fourth-order valence-corrected chi connectivity index (χ4v) is 2.54. The molecular formula is C13H15N3O2. The molecule has 0 saturated heterocycles. The Hall–Kier alpha value is -1.88. The topological polar surface area (TPSA) is 66.6 Å². The summed E-state index contributed by atoms with van der Waals surface area (Å²) in [6.45, 7) is 0.833. The maximum Gasteiger partial charge on any atom is 0.356 e. The molecule has 1 aliphatic rings. The van der Waals surface area contributed by atoms with Gasteiger partial charge in [0.1, 0.15) is 5.82 Å². The lowest BCUT2D eigenvalue weighted by Gasteiger charge is -2.12. The van der Waals surface area contributed by atoms with E-state index >= 15 is 0 Å². The largest absolute Gasteiger partial charge is 0.476 e. The lowest BCUT2D eigenvalue weighted by Crippen LogP contribution is -2.25. The zero-order valence-corrected chi connectivity index (χ0v) is 10.2. The molecule has 0 aliphatic heterocycles. The van der Waals surface area contributed by atoms with E-state index in [0.29, 0.717) is 5.52 Å². The van der Waals surface area contributed by atoms with Crippen LogP contribution >= 0.6 is 0 Å². The van der Waals surface area contributed by atoms with Crippen LogP contribution in [0.2, 0.25) is 0 Å². The number of hydrogen-bond acceptors (Lipinski definition) is 3. The third-order valence-corrected chi connectivity index (χ3v) is 3.59. The molecule has 1 fully saturated rings. The Labute approximate surface area is 104 Å². The Balaban J connectivity index is 2.21. The van der Waals surface area contributed by atoms with Crippen molar-refractivity contribution >= 4 is 11.5 Å². The van der Waals surface area contributed by atoms with Gasteiger partial charge < -0.3 is 14.8 Å². The van der Waals surface area contributed by atoms with Crippen molar-refractivity contribution in [3.8, 4) is 0 Å². The Morgan fingerprint density at radius 2 is 2.33 bits per heavy atom. The molecule has 3 rings (SSSR count). The fraction of sp³-hybridized carbons (Fsp3) is 0.385. The van der Waals surface area contributed by atoms with E-state index in [1.807, 2.05) is 29.8 Å². The molecule has 0 spiro atoms. The van der Waals surface area contributed by atoms with Gasteiger partial charge in [0.05, 0.1) is 5.52 Å². The highest BCUT2D eigenvalue weighted by Crippen LogP contribution is 2.47. The van der Waals surface area contributed by atoms with Crippen molar-refractivity contribution in [2.45, 2.75) is 18.3 Å². The maximum absolute atomic E-state index is 11.2. The van der Waals surface area contributed by atoms with Gasteiger partial charge in [-0.25, -0.2) is 9.78 Å². The van der Waals surface area contributed by atoms with Gasteiger partial charge in [-0.3, -0.25) is 0 Å². The molecular weight excluding hydrogens is 230 g/mol. The number of hydrogen-bond donors (Lipinski definition) is 2. The molecule has 1 saturated carbocycles. The first-order chi connectivity index (χ1) is 8.68. The van der Waals surface area contributed by atoms with E-state index < -0.39 is 5.97 Å². The number of nitrogens with zero attached hydrogens (tertiary/aromatic N) is 2. The van der Waals surface area contributed by atoms with Crippen molar-refractivity contribution < 1.29 is 9.90 Å². The number of carbonyl (C=O) groups is 1. The molecule has 1 aliphatic carbocycles. The van der Waals surface area contributed by atoms with Crippen LogP contribution in [0.25, 0.3) is 5.52 Å². The minimum absolute atomic E-state index is 0.00667. The summed E-state index contributed by atoms with van der Waals surface area (Å²) >= 11 is 0. The molecule has 2 N–H and O–H groups in total. The molecule has 2 aromatic heterocycles. The van der Waals surface area contributed by atoms with Crippen molar-refractivity contribution in [1.82, 2.24) is 14.7 Å². The smallest absolute Gasteiger partial charge is 0.356 e. The molecule has 2 aromatic rings. The van der Waals surface area contributed by atoms with Crippen LogP contribution in [-0.2, 0) is 5.41 Å². The molecule has 5 heteroatoms.